The lowest BCUT2D eigenvalue weighted by Crippen LogP contribution is -2.43. The van der Waals surface area contributed by atoms with Crippen molar-refractivity contribution in [3.8, 4) is 0 Å². The third-order valence-electron chi connectivity index (χ3n) is 4.78. The fourth-order valence-corrected chi connectivity index (χ4v) is 4.40. The molecule has 23 heavy (non-hydrogen) atoms. The lowest BCUT2D eigenvalue weighted by molar-refractivity contribution is -0.136. The SMILES string of the molecule is COC(=O)c1sccc1CN1CCC[C@@H](C(=O)N2CCCC2)C1. The molecular weight excluding hydrogens is 312 g/mol. The number of hydrogen-bond donors (Lipinski definition) is 0. The van der Waals surface area contributed by atoms with Crippen LogP contribution in [0.25, 0.3) is 0 Å². The first-order chi connectivity index (χ1) is 11.2. The molecule has 2 aliphatic rings. The highest BCUT2D eigenvalue weighted by Gasteiger charge is 2.31. The van der Waals surface area contributed by atoms with Crippen molar-refractivity contribution < 1.29 is 14.3 Å². The van der Waals surface area contributed by atoms with Crippen LogP contribution in [0.2, 0.25) is 0 Å². The highest BCUT2D eigenvalue weighted by molar-refractivity contribution is 7.12. The molecule has 0 spiro atoms. The van der Waals surface area contributed by atoms with Crippen molar-refractivity contribution in [2.24, 2.45) is 5.92 Å². The number of thiophene rings is 1. The van der Waals surface area contributed by atoms with E-state index in [9.17, 15) is 9.59 Å². The summed E-state index contributed by atoms with van der Waals surface area (Å²) in [6, 6.07) is 1.99. The van der Waals surface area contributed by atoms with Crippen LogP contribution in [0.1, 0.15) is 40.9 Å². The van der Waals surface area contributed by atoms with Crippen molar-refractivity contribution in [1.29, 1.82) is 0 Å². The Morgan fingerprint density at radius 2 is 2.04 bits per heavy atom. The normalized spacial score (nSPS) is 22.3. The van der Waals surface area contributed by atoms with E-state index in [1.165, 1.54) is 18.4 Å². The predicted octanol–water partition coefficient (Wildman–Crippen LogP) is 2.37. The molecule has 0 aliphatic carbocycles. The molecule has 1 aromatic heterocycles. The number of nitrogens with zero attached hydrogens (tertiary/aromatic N) is 2. The lowest BCUT2D eigenvalue weighted by atomic mass is 9.96. The van der Waals surface area contributed by atoms with Gasteiger partial charge in [-0.1, -0.05) is 0 Å². The van der Waals surface area contributed by atoms with Gasteiger partial charge in [-0.05, 0) is 49.2 Å². The fourth-order valence-electron chi connectivity index (χ4n) is 3.57. The molecule has 2 fully saturated rings. The van der Waals surface area contributed by atoms with E-state index >= 15 is 0 Å². The third-order valence-corrected chi connectivity index (χ3v) is 5.72. The topological polar surface area (TPSA) is 49.9 Å². The maximum Gasteiger partial charge on any atom is 0.348 e. The number of carbonyl (C=O) groups excluding carboxylic acids is 2. The van der Waals surface area contributed by atoms with Gasteiger partial charge in [-0.15, -0.1) is 11.3 Å². The third kappa shape index (κ3) is 3.75. The molecule has 3 rings (SSSR count). The van der Waals surface area contributed by atoms with Gasteiger partial charge in [0.1, 0.15) is 4.88 Å². The zero-order valence-corrected chi connectivity index (χ0v) is 14.4. The van der Waals surface area contributed by atoms with E-state index in [2.05, 4.69) is 4.90 Å². The number of amides is 1. The summed E-state index contributed by atoms with van der Waals surface area (Å²) in [6.07, 6.45) is 4.31. The van der Waals surface area contributed by atoms with Gasteiger partial charge in [0.05, 0.1) is 13.0 Å². The number of carbonyl (C=O) groups is 2. The molecule has 0 bridgehead atoms. The second-order valence-electron chi connectivity index (χ2n) is 6.37. The average Bonchev–Trinajstić information content (AvgIpc) is 3.25. The monoisotopic (exact) mass is 336 g/mol. The first-order valence-corrected chi connectivity index (χ1v) is 9.23. The first kappa shape index (κ1) is 16.5. The van der Waals surface area contributed by atoms with Gasteiger partial charge in [-0.2, -0.15) is 0 Å². The number of ether oxygens (including phenoxy) is 1. The quantitative estimate of drug-likeness (QED) is 0.792. The number of esters is 1. The Morgan fingerprint density at radius 1 is 1.26 bits per heavy atom. The van der Waals surface area contributed by atoms with Crippen molar-refractivity contribution in [2.75, 3.05) is 33.3 Å². The Hall–Kier alpha value is -1.40. The minimum absolute atomic E-state index is 0.113. The fraction of sp³-hybridized carbons (Fsp3) is 0.647. The Kier molecular flexibility index (Phi) is 5.33. The molecule has 3 heterocycles. The molecule has 2 saturated heterocycles. The van der Waals surface area contributed by atoms with Gasteiger partial charge in [-0.25, -0.2) is 4.79 Å². The summed E-state index contributed by atoms with van der Waals surface area (Å²) < 4.78 is 4.84. The number of rotatable bonds is 4. The summed E-state index contributed by atoms with van der Waals surface area (Å²) >= 11 is 1.42. The summed E-state index contributed by atoms with van der Waals surface area (Å²) in [5.41, 5.74) is 1.01. The molecule has 0 aromatic carbocycles. The van der Waals surface area contributed by atoms with Crippen LogP contribution in [0, 0.1) is 5.92 Å². The molecule has 6 heteroatoms. The summed E-state index contributed by atoms with van der Waals surface area (Å²) in [4.78, 5) is 29.4. The predicted molar refractivity (Wildman–Crippen MR) is 89.5 cm³/mol. The lowest BCUT2D eigenvalue weighted by Gasteiger charge is -2.33. The molecule has 1 atom stereocenters. The van der Waals surface area contributed by atoms with E-state index in [0.29, 0.717) is 10.8 Å². The smallest absolute Gasteiger partial charge is 0.348 e. The van der Waals surface area contributed by atoms with Crippen LogP contribution in [0.4, 0.5) is 0 Å². The van der Waals surface area contributed by atoms with Crippen LogP contribution in [-0.2, 0) is 16.1 Å². The van der Waals surface area contributed by atoms with Gasteiger partial charge in [0.25, 0.3) is 0 Å². The molecule has 1 aromatic rings. The molecular formula is C17H24N2O3S. The van der Waals surface area contributed by atoms with Crippen molar-refractivity contribution >= 4 is 23.2 Å². The van der Waals surface area contributed by atoms with Crippen molar-refractivity contribution in [1.82, 2.24) is 9.80 Å². The molecule has 2 aliphatic heterocycles. The second kappa shape index (κ2) is 7.45. The summed E-state index contributed by atoms with van der Waals surface area (Å²) in [5, 5.41) is 1.93. The minimum atomic E-state index is -0.267. The van der Waals surface area contributed by atoms with Gasteiger partial charge >= 0.3 is 5.97 Å². The zero-order valence-electron chi connectivity index (χ0n) is 13.6. The van der Waals surface area contributed by atoms with Gasteiger partial charge in [0.15, 0.2) is 0 Å². The van der Waals surface area contributed by atoms with Crippen LogP contribution >= 0.6 is 11.3 Å². The second-order valence-corrected chi connectivity index (χ2v) is 7.29. The Balaban J connectivity index is 1.61. The molecule has 0 radical (unpaired) electrons. The summed E-state index contributed by atoms with van der Waals surface area (Å²) in [6.45, 7) is 4.35. The van der Waals surface area contributed by atoms with Crippen LogP contribution in [0.15, 0.2) is 11.4 Å². The molecule has 0 unspecified atom stereocenters. The molecule has 5 nitrogen and oxygen atoms in total. The van der Waals surface area contributed by atoms with Crippen molar-refractivity contribution in [3.05, 3.63) is 21.9 Å². The molecule has 1 amide bonds. The standard InChI is InChI=1S/C17H24N2O3S/c1-22-17(21)15-13(6-10-23-15)11-18-7-4-5-14(12-18)16(20)19-8-2-3-9-19/h6,10,14H,2-5,7-9,11-12H2,1H3/t14-/m1/s1. The highest BCUT2D eigenvalue weighted by Crippen LogP contribution is 2.25. The minimum Gasteiger partial charge on any atom is -0.465 e. The van der Waals surface area contributed by atoms with E-state index in [1.807, 2.05) is 16.3 Å². The number of piperidine rings is 1. The van der Waals surface area contributed by atoms with Gasteiger partial charge in [0.2, 0.25) is 5.91 Å². The van der Waals surface area contributed by atoms with E-state index in [4.69, 9.17) is 4.74 Å². The van der Waals surface area contributed by atoms with Crippen LogP contribution in [0.3, 0.4) is 0 Å². The van der Waals surface area contributed by atoms with Gasteiger partial charge in [0, 0.05) is 26.2 Å². The van der Waals surface area contributed by atoms with Crippen molar-refractivity contribution in [2.45, 2.75) is 32.2 Å². The van der Waals surface area contributed by atoms with Crippen molar-refractivity contribution in [3.63, 3.8) is 0 Å². The van der Waals surface area contributed by atoms with Gasteiger partial charge < -0.3 is 9.64 Å². The highest BCUT2D eigenvalue weighted by atomic mass is 32.1. The summed E-state index contributed by atoms with van der Waals surface area (Å²) in [7, 11) is 1.41. The summed E-state index contributed by atoms with van der Waals surface area (Å²) in [5.74, 6) is 0.171. The van der Waals surface area contributed by atoms with E-state index < -0.39 is 0 Å². The first-order valence-electron chi connectivity index (χ1n) is 8.35. The Labute approximate surface area is 141 Å². The van der Waals surface area contributed by atoms with Gasteiger partial charge in [-0.3, -0.25) is 9.69 Å². The number of hydrogen-bond acceptors (Lipinski definition) is 5. The Bertz CT molecular complexity index is 566. The average molecular weight is 336 g/mol. The number of methoxy groups -OCH3 is 1. The molecule has 126 valence electrons. The van der Waals surface area contributed by atoms with Crippen LogP contribution in [-0.4, -0.2) is 55.0 Å². The number of likely N-dealkylation sites (tertiary alicyclic amines) is 2. The van der Waals surface area contributed by atoms with E-state index in [0.717, 1.165) is 64.0 Å². The van der Waals surface area contributed by atoms with Crippen LogP contribution < -0.4 is 0 Å². The maximum absolute atomic E-state index is 12.6. The molecule has 0 saturated carbocycles. The van der Waals surface area contributed by atoms with E-state index in [1.54, 1.807) is 0 Å². The van der Waals surface area contributed by atoms with E-state index in [-0.39, 0.29) is 11.9 Å². The largest absolute Gasteiger partial charge is 0.465 e. The van der Waals surface area contributed by atoms with Crippen LogP contribution in [0.5, 0.6) is 0 Å². The maximum atomic E-state index is 12.6. The zero-order chi connectivity index (χ0) is 16.2. The Morgan fingerprint density at radius 3 is 2.78 bits per heavy atom. The molecule has 0 N–H and O–H groups in total.